The molecule has 0 saturated carbocycles. The van der Waals surface area contributed by atoms with Crippen molar-refractivity contribution in [2.75, 3.05) is 50.8 Å². The topological polar surface area (TPSA) is 15.7 Å². The van der Waals surface area contributed by atoms with Crippen LogP contribution >= 0.6 is 0 Å². The van der Waals surface area contributed by atoms with Gasteiger partial charge >= 0.3 is 0 Å². The summed E-state index contributed by atoms with van der Waals surface area (Å²) in [5.41, 5.74) is 4.43. The number of piperidine rings is 1. The van der Waals surface area contributed by atoms with Gasteiger partial charge in [0.25, 0.3) is 0 Å². The highest BCUT2D eigenvalue weighted by Gasteiger charge is 2.25. The lowest BCUT2D eigenvalue weighted by Gasteiger charge is -2.34. The minimum atomic E-state index is 0.521. The van der Waals surface area contributed by atoms with E-state index in [9.17, 15) is 0 Å². The van der Waals surface area contributed by atoms with Crippen molar-refractivity contribution in [2.24, 2.45) is 5.92 Å². The molecule has 2 aromatic rings. The molecule has 0 aliphatic carbocycles. The van der Waals surface area contributed by atoms with E-state index < -0.39 is 0 Å². The molecule has 2 heterocycles. The third-order valence-corrected chi connectivity index (χ3v) is 7.19. The third-order valence-electron chi connectivity index (χ3n) is 7.19. The molecule has 1 atom stereocenters. The Morgan fingerprint density at radius 3 is 2.42 bits per heavy atom. The molecule has 31 heavy (non-hydrogen) atoms. The van der Waals surface area contributed by atoms with Gasteiger partial charge in [-0.2, -0.15) is 0 Å². The predicted octanol–water partition coefficient (Wildman–Crippen LogP) is 5.95. The van der Waals surface area contributed by atoms with Crippen molar-refractivity contribution in [3.63, 3.8) is 0 Å². The summed E-state index contributed by atoms with van der Waals surface area (Å²) in [5, 5.41) is 0. The van der Waals surface area contributed by atoms with Crippen LogP contribution in [0.3, 0.4) is 0 Å². The van der Waals surface area contributed by atoms with Crippen LogP contribution in [0, 0.1) is 5.92 Å². The minimum Gasteiger partial charge on any atom is -0.381 e. The Morgan fingerprint density at radius 1 is 0.839 bits per heavy atom. The quantitative estimate of drug-likeness (QED) is 0.466. The fourth-order valence-electron chi connectivity index (χ4n) is 5.35. The zero-order chi connectivity index (χ0) is 21.3. The molecule has 1 unspecified atom stereocenters. The molecule has 3 heteroatoms. The van der Waals surface area contributed by atoms with E-state index in [-0.39, 0.29) is 0 Å². The minimum absolute atomic E-state index is 0.521. The Morgan fingerprint density at radius 2 is 1.61 bits per heavy atom. The molecular formula is C28H40N2O. The lowest BCUT2D eigenvalue weighted by molar-refractivity contribution is 0.102. The molecule has 0 radical (unpaired) electrons. The molecule has 3 nitrogen and oxygen atoms in total. The SMILES string of the molecule is CCCOCCC1CCN(CCN2CCCC(c3ccccc3)c3ccccc32)CC1. The molecule has 0 spiro atoms. The number of hydrogen-bond acceptors (Lipinski definition) is 3. The van der Waals surface area contributed by atoms with Crippen molar-refractivity contribution >= 4 is 5.69 Å². The first-order chi connectivity index (χ1) is 15.3. The number of hydrogen-bond donors (Lipinski definition) is 0. The maximum atomic E-state index is 5.70. The molecule has 1 fully saturated rings. The van der Waals surface area contributed by atoms with Crippen LogP contribution in [0.15, 0.2) is 54.6 Å². The molecule has 2 aliphatic rings. The number of anilines is 1. The van der Waals surface area contributed by atoms with Crippen LogP contribution in [0.5, 0.6) is 0 Å². The van der Waals surface area contributed by atoms with Gasteiger partial charge in [0, 0.05) is 44.5 Å². The first kappa shape index (κ1) is 22.4. The van der Waals surface area contributed by atoms with Crippen LogP contribution in [0.4, 0.5) is 5.69 Å². The lowest BCUT2D eigenvalue weighted by atomic mass is 9.87. The average Bonchev–Trinajstić information content (AvgIpc) is 3.01. The third kappa shape index (κ3) is 6.11. The molecule has 0 bridgehead atoms. The van der Waals surface area contributed by atoms with Gasteiger partial charge in [-0.25, -0.2) is 0 Å². The van der Waals surface area contributed by atoms with Gasteiger partial charge in [-0.1, -0.05) is 55.5 Å². The number of benzene rings is 2. The van der Waals surface area contributed by atoms with Crippen LogP contribution in [0.1, 0.15) is 62.5 Å². The second-order valence-electron chi connectivity index (χ2n) is 9.34. The number of ether oxygens (including phenoxy) is 1. The molecule has 2 aromatic carbocycles. The zero-order valence-electron chi connectivity index (χ0n) is 19.3. The van der Waals surface area contributed by atoms with Crippen LogP contribution in [0.25, 0.3) is 0 Å². The molecule has 0 amide bonds. The van der Waals surface area contributed by atoms with Crippen molar-refractivity contribution in [3.8, 4) is 0 Å². The van der Waals surface area contributed by atoms with Crippen molar-refractivity contribution in [3.05, 3.63) is 65.7 Å². The Hall–Kier alpha value is -1.84. The molecule has 168 valence electrons. The van der Waals surface area contributed by atoms with E-state index in [1.807, 2.05) is 0 Å². The van der Waals surface area contributed by atoms with Gasteiger partial charge in [-0.15, -0.1) is 0 Å². The molecular weight excluding hydrogens is 380 g/mol. The van der Waals surface area contributed by atoms with E-state index in [4.69, 9.17) is 4.74 Å². The monoisotopic (exact) mass is 420 g/mol. The number of likely N-dealkylation sites (tertiary alicyclic amines) is 1. The Kier molecular flexibility index (Phi) is 8.43. The summed E-state index contributed by atoms with van der Waals surface area (Å²) in [6.07, 6.45) is 7.54. The smallest absolute Gasteiger partial charge is 0.0468 e. The molecule has 0 N–H and O–H groups in total. The maximum absolute atomic E-state index is 5.70. The van der Waals surface area contributed by atoms with Gasteiger partial charge in [0.15, 0.2) is 0 Å². The van der Waals surface area contributed by atoms with Gasteiger partial charge in [-0.3, -0.25) is 0 Å². The number of nitrogens with zero attached hydrogens (tertiary/aromatic N) is 2. The van der Waals surface area contributed by atoms with E-state index in [1.54, 1.807) is 0 Å². The highest BCUT2D eigenvalue weighted by atomic mass is 16.5. The maximum Gasteiger partial charge on any atom is 0.0468 e. The van der Waals surface area contributed by atoms with Crippen LogP contribution in [-0.4, -0.2) is 50.8 Å². The highest BCUT2D eigenvalue weighted by Crippen LogP contribution is 2.38. The fraction of sp³-hybridized carbons (Fsp3) is 0.571. The fourth-order valence-corrected chi connectivity index (χ4v) is 5.35. The second kappa shape index (κ2) is 11.7. The molecule has 0 aromatic heterocycles. The summed E-state index contributed by atoms with van der Waals surface area (Å²) < 4.78 is 5.70. The van der Waals surface area contributed by atoms with Crippen molar-refractivity contribution in [1.29, 1.82) is 0 Å². The predicted molar refractivity (Wildman–Crippen MR) is 131 cm³/mol. The lowest BCUT2D eigenvalue weighted by Crippen LogP contribution is -2.40. The normalized spacial score (nSPS) is 20.4. The van der Waals surface area contributed by atoms with E-state index in [2.05, 4.69) is 71.3 Å². The van der Waals surface area contributed by atoms with Gasteiger partial charge in [0.05, 0.1) is 0 Å². The van der Waals surface area contributed by atoms with Crippen molar-refractivity contribution in [2.45, 2.75) is 51.4 Å². The van der Waals surface area contributed by atoms with E-state index in [1.165, 1.54) is 75.1 Å². The van der Waals surface area contributed by atoms with Gasteiger partial charge in [0.2, 0.25) is 0 Å². The Bertz CT molecular complexity index is 770. The standard InChI is InChI=1S/C28H40N2O/c1-2-22-31-23-16-24-14-18-29(19-15-24)20-21-30-17-8-12-26(25-9-4-3-5-10-25)27-11-6-7-13-28(27)30/h3-7,9-11,13,24,26H,2,8,12,14-23H2,1H3. The van der Waals surface area contributed by atoms with Gasteiger partial charge in [0.1, 0.15) is 0 Å². The van der Waals surface area contributed by atoms with Crippen LogP contribution < -0.4 is 4.90 Å². The first-order valence-electron chi connectivity index (χ1n) is 12.5. The first-order valence-corrected chi connectivity index (χ1v) is 12.5. The number of para-hydroxylation sites is 1. The second-order valence-corrected chi connectivity index (χ2v) is 9.34. The number of fused-ring (bicyclic) bond motifs is 1. The largest absolute Gasteiger partial charge is 0.381 e. The summed E-state index contributed by atoms with van der Waals surface area (Å²) in [6, 6.07) is 20.2. The Labute approximate surface area is 189 Å². The van der Waals surface area contributed by atoms with Crippen LogP contribution in [-0.2, 0) is 4.74 Å². The van der Waals surface area contributed by atoms with E-state index >= 15 is 0 Å². The Balaban J connectivity index is 1.32. The summed E-state index contributed by atoms with van der Waals surface area (Å²) >= 11 is 0. The molecule has 4 rings (SSSR count). The summed E-state index contributed by atoms with van der Waals surface area (Å²) in [4.78, 5) is 5.34. The number of rotatable bonds is 9. The zero-order valence-corrected chi connectivity index (χ0v) is 19.3. The van der Waals surface area contributed by atoms with Crippen LogP contribution in [0.2, 0.25) is 0 Å². The average molecular weight is 421 g/mol. The summed E-state index contributed by atoms with van der Waals surface area (Å²) in [7, 11) is 0. The molecule has 1 saturated heterocycles. The van der Waals surface area contributed by atoms with Crippen molar-refractivity contribution < 1.29 is 4.74 Å². The highest BCUT2D eigenvalue weighted by molar-refractivity contribution is 5.58. The van der Waals surface area contributed by atoms with E-state index in [0.717, 1.165) is 32.1 Å². The van der Waals surface area contributed by atoms with Gasteiger partial charge in [-0.05, 0) is 74.7 Å². The van der Waals surface area contributed by atoms with E-state index in [0.29, 0.717) is 5.92 Å². The van der Waals surface area contributed by atoms with Crippen molar-refractivity contribution in [1.82, 2.24) is 4.90 Å². The summed E-state index contributed by atoms with van der Waals surface area (Å²) in [5.74, 6) is 1.38. The summed E-state index contributed by atoms with van der Waals surface area (Å²) in [6.45, 7) is 10.1. The van der Waals surface area contributed by atoms with Gasteiger partial charge < -0.3 is 14.5 Å². The molecule has 2 aliphatic heterocycles.